The fraction of sp³-hybridized carbons (Fsp3) is 0.286. The van der Waals surface area contributed by atoms with Gasteiger partial charge < -0.3 is 9.84 Å². The van der Waals surface area contributed by atoms with Crippen LogP contribution < -0.4 is 4.74 Å². The molecule has 0 saturated carbocycles. The van der Waals surface area contributed by atoms with E-state index in [1.54, 1.807) is 18.4 Å². The third-order valence-electron chi connectivity index (χ3n) is 4.95. The summed E-state index contributed by atoms with van der Waals surface area (Å²) in [6.07, 6.45) is 1.01. The second kappa shape index (κ2) is 7.58. The van der Waals surface area contributed by atoms with Gasteiger partial charge in [0.1, 0.15) is 10.8 Å². The maximum Gasteiger partial charge on any atom is 0.129 e. The van der Waals surface area contributed by atoms with Crippen molar-refractivity contribution in [3.63, 3.8) is 0 Å². The van der Waals surface area contributed by atoms with Crippen LogP contribution in [0.15, 0.2) is 53.9 Å². The predicted molar refractivity (Wildman–Crippen MR) is 104 cm³/mol. The zero-order valence-electron chi connectivity index (χ0n) is 14.8. The van der Waals surface area contributed by atoms with Gasteiger partial charge in [-0.1, -0.05) is 36.4 Å². The Morgan fingerprint density at radius 2 is 2.00 bits per heavy atom. The van der Waals surface area contributed by atoms with Crippen LogP contribution in [-0.2, 0) is 13.0 Å². The van der Waals surface area contributed by atoms with E-state index in [9.17, 15) is 5.11 Å². The van der Waals surface area contributed by atoms with E-state index in [1.165, 1.54) is 11.1 Å². The van der Waals surface area contributed by atoms with Gasteiger partial charge in [0.2, 0.25) is 0 Å². The largest absolute Gasteiger partial charge is 0.496 e. The van der Waals surface area contributed by atoms with Crippen LogP contribution in [0.25, 0.3) is 10.6 Å². The van der Waals surface area contributed by atoms with E-state index in [-0.39, 0.29) is 12.6 Å². The normalized spacial score (nSPS) is 17.1. The average molecular weight is 366 g/mol. The van der Waals surface area contributed by atoms with Crippen LogP contribution >= 0.6 is 11.3 Å². The molecule has 2 heterocycles. The number of ether oxygens (including phenoxy) is 1. The second-order valence-electron chi connectivity index (χ2n) is 6.46. The number of fused-ring (bicyclic) bond motifs is 1. The monoisotopic (exact) mass is 366 g/mol. The van der Waals surface area contributed by atoms with Gasteiger partial charge in [0, 0.05) is 18.5 Å². The van der Waals surface area contributed by atoms with Gasteiger partial charge in [-0.3, -0.25) is 4.90 Å². The highest BCUT2D eigenvalue weighted by Crippen LogP contribution is 2.34. The van der Waals surface area contributed by atoms with E-state index in [2.05, 4.69) is 28.5 Å². The molecule has 1 N–H and O–H groups in total. The van der Waals surface area contributed by atoms with Crippen molar-refractivity contribution in [3.8, 4) is 16.3 Å². The van der Waals surface area contributed by atoms with Gasteiger partial charge in [-0.25, -0.2) is 4.98 Å². The molecule has 134 valence electrons. The standard InChI is InChI=1S/C21H22N2O2S/c1-25-20-9-5-4-8-18(20)21-22-16(14-26-21)12-23-11-10-15-6-2-3-7-17(15)19(23)13-24/h2-9,14,19,24H,10-13H2,1H3/t19-/m0/s1. The molecule has 1 aliphatic heterocycles. The quantitative estimate of drug-likeness (QED) is 0.744. The Hall–Kier alpha value is -2.21. The van der Waals surface area contributed by atoms with Crippen molar-refractivity contribution in [2.24, 2.45) is 0 Å². The molecule has 0 spiro atoms. The molecule has 0 saturated heterocycles. The van der Waals surface area contributed by atoms with Gasteiger partial charge in [-0.2, -0.15) is 0 Å². The van der Waals surface area contributed by atoms with Gasteiger partial charge in [0.05, 0.1) is 31.0 Å². The Bertz CT molecular complexity index is 893. The number of rotatable bonds is 5. The van der Waals surface area contributed by atoms with E-state index in [1.807, 2.05) is 30.3 Å². The van der Waals surface area contributed by atoms with Crippen LogP contribution in [0.4, 0.5) is 0 Å². The van der Waals surface area contributed by atoms with E-state index >= 15 is 0 Å². The summed E-state index contributed by atoms with van der Waals surface area (Å²) in [4.78, 5) is 7.15. The number of thiazole rings is 1. The van der Waals surface area contributed by atoms with Crippen molar-refractivity contribution >= 4 is 11.3 Å². The Morgan fingerprint density at radius 3 is 2.85 bits per heavy atom. The van der Waals surface area contributed by atoms with Crippen LogP contribution in [0.1, 0.15) is 22.9 Å². The van der Waals surface area contributed by atoms with Crippen LogP contribution in [-0.4, -0.2) is 35.3 Å². The number of nitrogens with zero attached hydrogens (tertiary/aromatic N) is 2. The summed E-state index contributed by atoms with van der Waals surface area (Å²) >= 11 is 1.63. The maximum absolute atomic E-state index is 9.96. The van der Waals surface area contributed by atoms with Crippen molar-refractivity contribution < 1.29 is 9.84 Å². The molecule has 1 atom stereocenters. The molecule has 0 unspecified atom stereocenters. The molecule has 26 heavy (non-hydrogen) atoms. The molecular formula is C21H22N2O2S. The zero-order chi connectivity index (χ0) is 17.9. The number of methoxy groups -OCH3 is 1. The molecule has 0 fully saturated rings. The summed E-state index contributed by atoms with van der Waals surface area (Å²) in [5.74, 6) is 0.841. The minimum Gasteiger partial charge on any atom is -0.496 e. The Balaban J connectivity index is 1.56. The van der Waals surface area contributed by atoms with Crippen molar-refractivity contribution in [2.45, 2.75) is 19.0 Å². The van der Waals surface area contributed by atoms with E-state index < -0.39 is 0 Å². The third kappa shape index (κ3) is 3.26. The first-order valence-corrected chi connectivity index (χ1v) is 9.68. The first kappa shape index (κ1) is 17.2. The SMILES string of the molecule is COc1ccccc1-c1nc(CN2CCc3ccccc3[C@@H]2CO)cs1. The van der Waals surface area contributed by atoms with Gasteiger partial charge in [0.25, 0.3) is 0 Å². The number of benzene rings is 2. The molecule has 0 radical (unpaired) electrons. The maximum atomic E-state index is 9.96. The van der Waals surface area contributed by atoms with Crippen LogP contribution in [0, 0.1) is 0 Å². The van der Waals surface area contributed by atoms with Crippen molar-refractivity contribution in [2.75, 3.05) is 20.3 Å². The summed E-state index contributed by atoms with van der Waals surface area (Å²) in [7, 11) is 1.68. The second-order valence-corrected chi connectivity index (χ2v) is 7.32. The highest BCUT2D eigenvalue weighted by atomic mass is 32.1. The number of hydrogen-bond donors (Lipinski definition) is 1. The first-order chi connectivity index (χ1) is 12.8. The number of aliphatic hydroxyl groups is 1. The molecular weight excluding hydrogens is 344 g/mol. The lowest BCUT2D eigenvalue weighted by Crippen LogP contribution is -2.36. The lowest BCUT2D eigenvalue weighted by atomic mass is 9.93. The lowest BCUT2D eigenvalue weighted by molar-refractivity contribution is 0.107. The van der Waals surface area contributed by atoms with Gasteiger partial charge >= 0.3 is 0 Å². The van der Waals surface area contributed by atoms with Crippen molar-refractivity contribution in [3.05, 3.63) is 70.7 Å². The molecule has 0 aliphatic carbocycles. The van der Waals surface area contributed by atoms with Crippen molar-refractivity contribution in [1.29, 1.82) is 0 Å². The minimum atomic E-state index is 0.0383. The molecule has 2 aromatic carbocycles. The summed E-state index contributed by atoms with van der Waals surface area (Å²) < 4.78 is 5.46. The smallest absolute Gasteiger partial charge is 0.129 e. The molecule has 4 rings (SSSR count). The average Bonchev–Trinajstić information content (AvgIpc) is 3.16. The molecule has 1 aliphatic rings. The van der Waals surface area contributed by atoms with Crippen LogP contribution in [0.3, 0.4) is 0 Å². The van der Waals surface area contributed by atoms with Crippen LogP contribution in [0.5, 0.6) is 5.75 Å². The highest BCUT2D eigenvalue weighted by molar-refractivity contribution is 7.13. The topological polar surface area (TPSA) is 45.6 Å². The van der Waals surface area contributed by atoms with Gasteiger partial charge in [0.15, 0.2) is 0 Å². The number of para-hydroxylation sites is 1. The molecule has 5 heteroatoms. The van der Waals surface area contributed by atoms with E-state index in [0.717, 1.165) is 41.5 Å². The zero-order valence-corrected chi connectivity index (χ0v) is 15.6. The fourth-order valence-electron chi connectivity index (χ4n) is 3.64. The van der Waals surface area contributed by atoms with Gasteiger partial charge in [-0.15, -0.1) is 11.3 Å². The molecule has 1 aromatic heterocycles. The highest BCUT2D eigenvalue weighted by Gasteiger charge is 2.27. The van der Waals surface area contributed by atoms with E-state index in [4.69, 9.17) is 9.72 Å². The number of aromatic nitrogens is 1. The van der Waals surface area contributed by atoms with E-state index in [0.29, 0.717) is 0 Å². The van der Waals surface area contributed by atoms with Crippen LogP contribution in [0.2, 0.25) is 0 Å². The first-order valence-electron chi connectivity index (χ1n) is 8.80. The van der Waals surface area contributed by atoms with Gasteiger partial charge in [-0.05, 0) is 29.7 Å². The molecule has 4 nitrogen and oxygen atoms in total. The Morgan fingerprint density at radius 1 is 1.19 bits per heavy atom. The summed E-state index contributed by atoms with van der Waals surface area (Å²) in [6.45, 7) is 1.80. The Kier molecular flexibility index (Phi) is 5.02. The number of hydrogen-bond acceptors (Lipinski definition) is 5. The summed E-state index contributed by atoms with van der Waals surface area (Å²) in [6, 6.07) is 16.4. The Labute approximate surface area is 157 Å². The predicted octanol–water partition coefficient (Wildman–Crippen LogP) is 3.91. The van der Waals surface area contributed by atoms with Crippen molar-refractivity contribution in [1.82, 2.24) is 9.88 Å². The lowest BCUT2D eigenvalue weighted by Gasteiger charge is -2.35. The fourth-order valence-corrected chi connectivity index (χ4v) is 4.48. The minimum absolute atomic E-state index is 0.0383. The third-order valence-corrected chi connectivity index (χ3v) is 5.87. The summed E-state index contributed by atoms with van der Waals surface area (Å²) in [5, 5.41) is 13.0. The number of aliphatic hydroxyl groups excluding tert-OH is 1. The summed E-state index contributed by atoms with van der Waals surface area (Å²) in [5.41, 5.74) is 4.64. The molecule has 3 aromatic rings. The molecule has 0 amide bonds. The molecule has 0 bridgehead atoms.